The monoisotopic (exact) mass is 797 g/mol. The van der Waals surface area contributed by atoms with Crippen LogP contribution in [0.15, 0.2) is 36.5 Å². The van der Waals surface area contributed by atoms with Crippen LogP contribution in [0.1, 0.15) is 92.5 Å². The zero-order valence-corrected chi connectivity index (χ0v) is 33.8. The minimum absolute atomic E-state index is 0.286. The SMILES string of the molecule is CC(NC(=O)C(OC(=O)C(C)(C)C=Cc1cc2cc(C(C)NC(=O)OC(C)(C)C)ccc2cn1)C(C)C)C(=O)N1CCCC(C(=O)OCC(Cl)(Cl)Cl)N1. The Morgan fingerprint density at radius 1 is 1.00 bits per heavy atom. The second-order valence-corrected chi connectivity index (χ2v) is 17.5. The number of alkyl carbamates (subject to hydrolysis) is 1. The molecule has 0 aliphatic carbocycles. The summed E-state index contributed by atoms with van der Waals surface area (Å²) in [6.07, 6.45) is 4.25. The first-order chi connectivity index (χ1) is 24.5. The van der Waals surface area contributed by atoms with Gasteiger partial charge in [-0.25, -0.2) is 10.2 Å². The number of esters is 2. The first-order valence-corrected chi connectivity index (χ1v) is 18.5. The average molecular weight is 799 g/mol. The number of ether oxygens (including phenoxy) is 3. The molecule has 3 N–H and O–H groups in total. The van der Waals surface area contributed by atoms with Crippen LogP contribution in [-0.2, 0) is 33.4 Å². The lowest BCUT2D eigenvalue weighted by Gasteiger charge is -2.34. The molecule has 4 unspecified atom stereocenters. The Balaban J connectivity index is 1.63. The van der Waals surface area contributed by atoms with Crippen LogP contribution in [0.4, 0.5) is 4.79 Å². The third-order valence-corrected chi connectivity index (χ3v) is 8.47. The molecule has 292 valence electrons. The topological polar surface area (TPSA) is 165 Å². The van der Waals surface area contributed by atoms with Crippen LogP contribution in [0.3, 0.4) is 0 Å². The second-order valence-electron chi connectivity index (χ2n) is 15.0. The van der Waals surface area contributed by atoms with Crippen LogP contribution in [0.25, 0.3) is 16.8 Å². The van der Waals surface area contributed by atoms with Gasteiger partial charge in [-0.3, -0.25) is 29.2 Å². The van der Waals surface area contributed by atoms with Crippen molar-refractivity contribution in [1.29, 1.82) is 0 Å². The number of rotatable bonds is 12. The smallest absolute Gasteiger partial charge is 0.408 e. The number of amides is 3. The van der Waals surface area contributed by atoms with E-state index in [0.29, 0.717) is 18.5 Å². The number of pyridine rings is 1. The number of aromatic nitrogens is 1. The molecule has 2 heterocycles. The Morgan fingerprint density at radius 2 is 1.68 bits per heavy atom. The van der Waals surface area contributed by atoms with Crippen LogP contribution < -0.4 is 16.1 Å². The maximum absolute atomic E-state index is 13.4. The van der Waals surface area contributed by atoms with E-state index >= 15 is 0 Å². The fourth-order valence-electron chi connectivity index (χ4n) is 5.19. The summed E-state index contributed by atoms with van der Waals surface area (Å²) in [5.74, 6) is -2.90. The second kappa shape index (κ2) is 18.1. The molecule has 4 atom stereocenters. The molecule has 3 rings (SSSR count). The maximum atomic E-state index is 13.4. The number of hydrogen-bond donors (Lipinski definition) is 3. The van der Waals surface area contributed by atoms with E-state index in [0.717, 1.165) is 16.3 Å². The predicted octanol–water partition coefficient (Wildman–Crippen LogP) is 6.34. The number of halogens is 3. The zero-order chi connectivity index (χ0) is 39.9. The largest absolute Gasteiger partial charge is 0.460 e. The van der Waals surface area contributed by atoms with Gasteiger partial charge in [-0.05, 0) is 96.4 Å². The molecular formula is C37H50Cl3N5O8. The van der Waals surface area contributed by atoms with Crippen LogP contribution in [-0.4, -0.2) is 80.6 Å². The quantitative estimate of drug-likeness (QED) is 0.125. The summed E-state index contributed by atoms with van der Waals surface area (Å²) in [6.45, 7) is 15.4. The van der Waals surface area contributed by atoms with E-state index in [1.54, 1.807) is 66.8 Å². The summed E-state index contributed by atoms with van der Waals surface area (Å²) in [4.78, 5) is 69.2. The maximum Gasteiger partial charge on any atom is 0.408 e. The van der Waals surface area contributed by atoms with E-state index in [-0.39, 0.29) is 12.6 Å². The van der Waals surface area contributed by atoms with Crippen molar-refractivity contribution in [2.24, 2.45) is 11.3 Å². The molecular weight excluding hydrogens is 749 g/mol. The summed E-state index contributed by atoms with van der Waals surface area (Å²) in [7, 11) is 0. The summed E-state index contributed by atoms with van der Waals surface area (Å²) >= 11 is 17.0. The van der Waals surface area contributed by atoms with Gasteiger partial charge in [0.15, 0.2) is 6.10 Å². The highest BCUT2D eigenvalue weighted by molar-refractivity contribution is 6.67. The highest BCUT2D eigenvalue weighted by Gasteiger charge is 2.37. The lowest BCUT2D eigenvalue weighted by atomic mass is 9.92. The highest BCUT2D eigenvalue weighted by Crippen LogP contribution is 2.27. The Bertz CT molecular complexity index is 1690. The molecule has 16 heteroatoms. The van der Waals surface area contributed by atoms with Crippen LogP contribution in [0, 0.1) is 11.3 Å². The van der Waals surface area contributed by atoms with E-state index < -0.39 is 75.4 Å². The fraction of sp³-hybridized carbons (Fsp3) is 0.568. The minimum Gasteiger partial charge on any atom is -0.460 e. The molecule has 13 nitrogen and oxygen atoms in total. The number of benzene rings is 1. The van der Waals surface area contributed by atoms with Gasteiger partial charge in [0.25, 0.3) is 11.8 Å². The summed E-state index contributed by atoms with van der Waals surface area (Å²) in [6, 6.07) is 5.47. The lowest BCUT2D eigenvalue weighted by molar-refractivity contribution is -0.165. The highest BCUT2D eigenvalue weighted by atomic mass is 35.6. The molecule has 1 saturated heterocycles. The van der Waals surface area contributed by atoms with Crippen molar-refractivity contribution in [3.8, 4) is 0 Å². The van der Waals surface area contributed by atoms with Crippen molar-refractivity contribution in [2.45, 2.75) is 109 Å². The third-order valence-electron chi connectivity index (χ3n) is 8.14. The summed E-state index contributed by atoms with van der Waals surface area (Å²) in [5.41, 5.74) is 2.50. The van der Waals surface area contributed by atoms with Crippen molar-refractivity contribution < 1.29 is 38.2 Å². The van der Waals surface area contributed by atoms with E-state index in [9.17, 15) is 24.0 Å². The van der Waals surface area contributed by atoms with Crippen LogP contribution in [0.2, 0.25) is 0 Å². The van der Waals surface area contributed by atoms with Crippen LogP contribution in [0.5, 0.6) is 0 Å². The van der Waals surface area contributed by atoms with E-state index in [4.69, 9.17) is 49.0 Å². The van der Waals surface area contributed by atoms with E-state index in [1.807, 2.05) is 31.2 Å². The molecule has 0 bridgehead atoms. The first kappa shape index (κ1) is 43.8. The predicted molar refractivity (Wildman–Crippen MR) is 204 cm³/mol. The summed E-state index contributed by atoms with van der Waals surface area (Å²) in [5, 5.41) is 8.50. The molecule has 0 saturated carbocycles. The van der Waals surface area contributed by atoms with E-state index in [1.165, 1.54) is 11.9 Å². The molecule has 53 heavy (non-hydrogen) atoms. The first-order valence-electron chi connectivity index (χ1n) is 17.4. The minimum atomic E-state index is -1.77. The van der Waals surface area contributed by atoms with Gasteiger partial charge >= 0.3 is 18.0 Å². The van der Waals surface area contributed by atoms with Crippen molar-refractivity contribution in [3.63, 3.8) is 0 Å². The standard InChI is InChI=1S/C37H50Cl3N5O8/c1-21(2)29(30(46)42-23(4)31(47)45-16-10-11-28(44-45)32(48)51-20-37(38,39)40)52-33(49)36(8,9)15-14-27-18-26-17-24(12-13-25(26)19-41-27)22(3)43-34(50)53-35(5,6)7/h12-15,17-19,21-23,28-29,44H,10-11,16,20H2,1-9H3,(H,42,46)(H,43,50). The number of alkyl halides is 3. The number of nitrogens with one attached hydrogen (secondary N) is 3. The molecule has 1 aliphatic rings. The molecule has 0 spiro atoms. The normalized spacial score (nSPS) is 17.2. The number of nitrogens with zero attached hydrogens (tertiary/aromatic N) is 2. The third kappa shape index (κ3) is 13.6. The van der Waals surface area contributed by atoms with Crippen LogP contribution >= 0.6 is 34.8 Å². The Labute approximate surface area is 325 Å². The number of hydrazine groups is 1. The molecule has 1 aromatic heterocycles. The Hall–Kier alpha value is -3.65. The lowest BCUT2D eigenvalue weighted by Crippen LogP contribution is -2.60. The number of hydrogen-bond acceptors (Lipinski definition) is 10. The molecule has 1 fully saturated rings. The van der Waals surface area contributed by atoms with Gasteiger partial charge in [-0.2, -0.15) is 0 Å². The van der Waals surface area contributed by atoms with Gasteiger partial charge < -0.3 is 24.8 Å². The summed E-state index contributed by atoms with van der Waals surface area (Å²) < 4.78 is 14.4. The molecule has 2 aromatic rings. The number of carbonyl (C=O) groups excluding carboxylic acids is 5. The van der Waals surface area contributed by atoms with E-state index in [2.05, 4.69) is 21.0 Å². The van der Waals surface area contributed by atoms with Gasteiger partial charge in [0.05, 0.1) is 17.2 Å². The van der Waals surface area contributed by atoms with Gasteiger partial charge in [0, 0.05) is 18.1 Å². The van der Waals surface area contributed by atoms with Crippen molar-refractivity contribution in [3.05, 3.63) is 47.8 Å². The van der Waals surface area contributed by atoms with Crippen molar-refractivity contribution >= 4 is 81.5 Å². The molecule has 1 aromatic carbocycles. The Kier molecular flexibility index (Phi) is 15.0. The average Bonchev–Trinajstić information content (AvgIpc) is 3.06. The van der Waals surface area contributed by atoms with Gasteiger partial charge in [0.2, 0.25) is 3.79 Å². The van der Waals surface area contributed by atoms with Crippen molar-refractivity contribution in [1.82, 2.24) is 26.1 Å². The number of carbonyl (C=O) groups is 5. The van der Waals surface area contributed by atoms with Crippen molar-refractivity contribution in [2.75, 3.05) is 13.2 Å². The van der Waals surface area contributed by atoms with Gasteiger partial charge in [-0.15, -0.1) is 0 Å². The molecule has 3 amide bonds. The molecule has 0 radical (unpaired) electrons. The fourth-order valence-corrected chi connectivity index (χ4v) is 5.35. The zero-order valence-electron chi connectivity index (χ0n) is 31.6. The number of fused-ring (bicyclic) bond motifs is 1. The van der Waals surface area contributed by atoms with Gasteiger partial charge in [-0.1, -0.05) is 66.9 Å². The van der Waals surface area contributed by atoms with Gasteiger partial charge in [0.1, 0.15) is 24.3 Å². The molecule has 1 aliphatic heterocycles. The Morgan fingerprint density at radius 3 is 2.30 bits per heavy atom.